The summed E-state index contributed by atoms with van der Waals surface area (Å²) in [5.41, 5.74) is 1.10. The molecular weight excluding hydrogens is 375 g/mol. The van der Waals surface area contributed by atoms with Crippen LogP contribution in [0.5, 0.6) is 0 Å². The van der Waals surface area contributed by atoms with Gasteiger partial charge in [-0.1, -0.05) is 12.1 Å². The van der Waals surface area contributed by atoms with Gasteiger partial charge in [0, 0.05) is 24.0 Å². The molecular formula is C18H22Cl2N4O2. The Kier molecular flexibility index (Phi) is 9.05. The number of amides is 2. The lowest BCUT2D eigenvalue weighted by atomic mass is 9.98. The Morgan fingerprint density at radius 3 is 2.62 bits per heavy atom. The molecule has 140 valence electrons. The van der Waals surface area contributed by atoms with E-state index in [1.54, 1.807) is 48.7 Å². The van der Waals surface area contributed by atoms with Gasteiger partial charge in [0.1, 0.15) is 5.82 Å². The van der Waals surface area contributed by atoms with Crippen molar-refractivity contribution in [2.75, 3.05) is 23.7 Å². The first-order valence-corrected chi connectivity index (χ1v) is 8.06. The zero-order chi connectivity index (χ0) is 16.8. The number of piperidine rings is 1. The van der Waals surface area contributed by atoms with Crippen LogP contribution in [0, 0.1) is 5.92 Å². The summed E-state index contributed by atoms with van der Waals surface area (Å²) < 4.78 is 0. The number of aromatic nitrogens is 1. The molecule has 1 unspecified atom stereocenters. The molecule has 1 aromatic heterocycles. The number of pyridine rings is 1. The van der Waals surface area contributed by atoms with Gasteiger partial charge in [-0.3, -0.25) is 9.59 Å². The molecule has 2 heterocycles. The highest BCUT2D eigenvalue weighted by atomic mass is 35.5. The fourth-order valence-corrected chi connectivity index (χ4v) is 2.68. The van der Waals surface area contributed by atoms with E-state index in [-0.39, 0.29) is 42.5 Å². The number of anilines is 2. The molecule has 1 aromatic carbocycles. The van der Waals surface area contributed by atoms with Crippen molar-refractivity contribution in [2.45, 2.75) is 12.8 Å². The molecule has 1 saturated heterocycles. The summed E-state index contributed by atoms with van der Waals surface area (Å²) >= 11 is 0. The molecule has 1 aliphatic heterocycles. The minimum absolute atomic E-state index is 0. The van der Waals surface area contributed by atoms with Gasteiger partial charge in [0.25, 0.3) is 5.91 Å². The van der Waals surface area contributed by atoms with E-state index < -0.39 is 0 Å². The number of benzene rings is 1. The largest absolute Gasteiger partial charge is 0.326 e. The number of nitrogens with zero attached hydrogens (tertiary/aromatic N) is 1. The maximum atomic E-state index is 12.3. The number of halogens is 2. The normalized spacial score (nSPS) is 15.8. The van der Waals surface area contributed by atoms with Crippen LogP contribution >= 0.6 is 24.8 Å². The third kappa shape index (κ3) is 5.98. The smallest absolute Gasteiger partial charge is 0.256 e. The Balaban J connectivity index is 0.00000169. The second-order valence-corrected chi connectivity index (χ2v) is 5.78. The molecule has 3 rings (SSSR count). The average molecular weight is 397 g/mol. The van der Waals surface area contributed by atoms with Gasteiger partial charge in [0.05, 0.1) is 5.92 Å². The van der Waals surface area contributed by atoms with Gasteiger partial charge >= 0.3 is 0 Å². The fraction of sp³-hybridized carbons (Fsp3) is 0.278. The van der Waals surface area contributed by atoms with Crippen LogP contribution < -0.4 is 16.0 Å². The van der Waals surface area contributed by atoms with Gasteiger partial charge in [0.15, 0.2) is 0 Å². The van der Waals surface area contributed by atoms with Crippen LogP contribution in [-0.2, 0) is 4.79 Å². The molecule has 0 spiro atoms. The minimum Gasteiger partial charge on any atom is -0.326 e. The van der Waals surface area contributed by atoms with Gasteiger partial charge in [-0.05, 0) is 49.7 Å². The van der Waals surface area contributed by atoms with E-state index in [9.17, 15) is 9.59 Å². The summed E-state index contributed by atoms with van der Waals surface area (Å²) in [6, 6.07) is 12.2. The molecule has 1 fully saturated rings. The summed E-state index contributed by atoms with van der Waals surface area (Å²) in [6.07, 6.45) is 3.51. The second-order valence-electron chi connectivity index (χ2n) is 5.78. The zero-order valence-electron chi connectivity index (χ0n) is 14.1. The topological polar surface area (TPSA) is 83.1 Å². The molecule has 3 N–H and O–H groups in total. The predicted octanol–water partition coefficient (Wildman–Crippen LogP) is 3.12. The molecule has 2 amide bonds. The van der Waals surface area contributed by atoms with E-state index in [4.69, 9.17) is 0 Å². The van der Waals surface area contributed by atoms with Gasteiger partial charge in [0.2, 0.25) is 5.91 Å². The zero-order valence-corrected chi connectivity index (χ0v) is 15.7. The van der Waals surface area contributed by atoms with Crippen LogP contribution in [-0.4, -0.2) is 29.9 Å². The van der Waals surface area contributed by atoms with Gasteiger partial charge < -0.3 is 16.0 Å². The lowest BCUT2D eigenvalue weighted by Gasteiger charge is -2.22. The number of nitrogens with one attached hydrogen (secondary N) is 3. The molecule has 8 heteroatoms. The van der Waals surface area contributed by atoms with Gasteiger partial charge in [-0.2, -0.15) is 0 Å². The number of hydrogen-bond donors (Lipinski definition) is 3. The van der Waals surface area contributed by atoms with Crippen LogP contribution in [0.4, 0.5) is 11.5 Å². The fourth-order valence-electron chi connectivity index (χ4n) is 2.68. The second kappa shape index (κ2) is 10.8. The maximum absolute atomic E-state index is 12.3. The van der Waals surface area contributed by atoms with Crippen molar-refractivity contribution in [1.82, 2.24) is 10.3 Å². The van der Waals surface area contributed by atoms with Crippen molar-refractivity contribution in [2.24, 2.45) is 5.92 Å². The predicted molar refractivity (Wildman–Crippen MR) is 107 cm³/mol. The molecule has 0 bridgehead atoms. The number of rotatable bonds is 4. The Morgan fingerprint density at radius 1 is 1.08 bits per heavy atom. The molecule has 2 aromatic rings. The van der Waals surface area contributed by atoms with Crippen molar-refractivity contribution < 1.29 is 9.59 Å². The minimum atomic E-state index is -0.260. The first-order valence-electron chi connectivity index (χ1n) is 8.06. The Labute approximate surface area is 165 Å². The Bertz CT molecular complexity index is 722. The van der Waals surface area contributed by atoms with Crippen LogP contribution in [0.2, 0.25) is 0 Å². The van der Waals surface area contributed by atoms with Crippen molar-refractivity contribution in [3.8, 4) is 0 Å². The quantitative estimate of drug-likeness (QED) is 0.741. The van der Waals surface area contributed by atoms with Crippen LogP contribution in [0.3, 0.4) is 0 Å². The van der Waals surface area contributed by atoms with Crippen LogP contribution in [0.1, 0.15) is 23.2 Å². The van der Waals surface area contributed by atoms with E-state index in [0.29, 0.717) is 23.6 Å². The van der Waals surface area contributed by atoms with Crippen molar-refractivity contribution in [3.05, 3.63) is 54.2 Å². The van der Waals surface area contributed by atoms with E-state index in [1.807, 2.05) is 0 Å². The van der Waals surface area contributed by atoms with E-state index in [1.165, 1.54) is 0 Å². The summed E-state index contributed by atoms with van der Waals surface area (Å²) in [5.74, 6) is 0.198. The van der Waals surface area contributed by atoms with E-state index in [0.717, 1.165) is 19.4 Å². The molecule has 26 heavy (non-hydrogen) atoms. The number of carbonyl (C=O) groups excluding carboxylic acids is 2. The average Bonchev–Trinajstić information content (AvgIpc) is 2.63. The molecule has 1 aliphatic rings. The first kappa shape index (κ1) is 21.9. The Hall–Kier alpha value is -2.15. The summed E-state index contributed by atoms with van der Waals surface area (Å²) in [7, 11) is 0. The first-order chi connectivity index (χ1) is 11.7. The van der Waals surface area contributed by atoms with Gasteiger partial charge in [-0.25, -0.2) is 4.98 Å². The summed E-state index contributed by atoms with van der Waals surface area (Å²) in [5, 5.41) is 8.85. The van der Waals surface area contributed by atoms with E-state index in [2.05, 4.69) is 20.9 Å². The SMILES string of the molecule is Cl.Cl.O=C(Nc1ccccn1)c1cccc(NC(=O)C2CCCNC2)c1. The molecule has 0 radical (unpaired) electrons. The highest BCUT2D eigenvalue weighted by Gasteiger charge is 2.21. The number of hydrogen-bond acceptors (Lipinski definition) is 4. The summed E-state index contributed by atoms with van der Waals surface area (Å²) in [4.78, 5) is 28.6. The molecule has 0 saturated carbocycles. The summed E-state index contributed by atoms with van der Waals surface area (Å²) in [6.45, 7) is 1.67. The standard InChI is InChI=1S/C18H20N4O2.2ClH/c23-17(22-16-8-1-2-10-20-16)13-5-3-7-15(11-13)21-18(24)14-6-4-9-19-12-14;;/h1-3,5,7-8,10-11,14,19H,4,6,9,12H2,(H,21,24)(H,20,22,23);2*1H. The van der Waals surface area contributed by atoms with Gasteiger partial charge in [-0.15, -0.1) is 24.8 Å². The highest BCUT2D eigenvalue weighted by molar-refractivity contribution is 6.05. The van der Waals surface area contributed by atoms with Crippen LogP contribution in [0.15, 0.2) is 48.7 Å². The third-order valence-electron chi connectivity index (χ3n) is 3.97. The lowest BCUT2D eigenvalue weighted by Crippen LogP contribution is -2.37. The van der Waals surface area contributed by atoms with E-state index >= 15 is 0 Å². The lowest BCUT2D eigenvalue weighted by molar-refractivity contribution is -0.120. The Morgan fingerprint density at radius 2 is 1.92 bits per heavy atom. The molecule has 6 nitrogen and oxygen atoms in total. The highest BCUT2D eigenvalue weighted by Crippen LogP contribution is 2.16. The number of carbonyl (C=O) groups is 2. The monoisotopic (exact) mass is 396 g/mol. The van der Waals surface area contributed by atoms with Crippen molar-refractivity contribution in [3.63, 3.8) is 0 Å². The molecule has 1 atom stereocenters. The third-order valence-corrected chi connectivity index (χ3v) is 3.97. The van der Waals surface area contributed by atoms with Crippen molar-refractivity contribution >= 4 is 48.1 Å². The van der Waals surface area contributed by atoms with Crippen molar-refractivity contribution in [1.29, 1.82) is 0 Å². The maximum Gasteiger partial charge on any atom is 0.256 e. The van der Waals surface area contributed by atoms with Crippen LogP contribution in [0.25, 0.3) is 0 Å². The molecule has 0 aliphatic carbocycles.